The van der Waals surface area contributed by atoms with Crippen molar-refractivity contribution >= 4 is 52.4 Å². The number of carbonyl (C=O) groups is 2. The number of ether oxygens (including phenoxy) is 2. The first kappa shape index (κ1) is 27.4. The van der Waals surface area contributed by atoms with E-state index in [2.05, 4.69) is 36.2 Å². The monoisotopic (exact) mass is 566 g/mol. The van der Waals surface area contributed by atoms with Crippen molar-refractivity contribution in [3.05, 3.63) is 54.6 Å². The van der Waals surface area contributed by atoms with E-state index in [1.807, 2.05) is 54.0 Å². The van der Waals surface area contributed by atoms with Crippen LogP contribution in [-0.2, 0) is 14.3 Å². The van der Waals surface area contributed by atoms with Crippen molar-refractivity contribution in [2.24, 2.45) is 5.92 Å². The van der Waals surface area contributed by atoms with Gasteiger partial charge in [-0.2, -0.15) is 0 Å². The molecule has 3 heterocycles. The van der Waals surface area contributed by atoms with Crippen molar-refractivity contribution in [3.63, 3.8) is 0 Å². The second-order valence-electron chi connectivity index (χ2n) is 9.39. The molecule has 5 atom stereocenters. The van der Waals surface area contributed by atoms with Gasteiger partial charge in [0.1, 0.15) is 19.0 Å². The summed E-state index contributed by atoms with van der Waals surface area (Å²) in [5.74, 6) is -0.702. The molecular weight excluding hydrogens is 536 g/mol. The number of urea groups is 1. The van der Waals surface area contributed by atoms with Gasteiger partial charge in [0.05, 0.1) is 18.5 Å². The zero-order chi connectivity index (χ0) is 28.1. The number of nitrogens with zero attached hydrogens (tertiary/aromatic N) is 4. The van der Waals surface area contributed by atoms with Crippen molar-refractivity contribution in [1.82, 2.24) is 35.5 Å². The minimum absolute atomic E-state index is 0.0121. The van der Waals surface area contributed by atoms with Crippen LogP contribution in [0.2, 0.25) is 0 Å². The van der Waals surface area contributed by atoms with Crippen LogP contribution in [0.1, 0.15) is 24.9 Å². The molecule has 5 N–H and O–H groups in total. The van der Waals surface area contributed by atoms with Gasteiger partial charge in [0.25, 0.3) is 0 Å². The number of aromatic nitrogens is 4. The predicted molar refractivity (Wildman–Crippen MR) is 150 cm³/mol. The first-order valence-electron chi connectivity index (χ1n) is 12.9. The Balaban J connectivity index is 1.37. The van der Waals surface area contributed by atoms with Gasteiger partial charge in [-0.15, -0.1) is 0 Å². The number of hydrogen-bond acceptors (Lipinski definition) is 8. The molecule has 0 spiro atoms. The highest BCUT2D eigenvalue weighted by atomic mass is 32.1. The second kappa shape index (κ2) is 12.4. The van der Waals surface area contributed by atoms with Crippen molar-refractivity contribution in [2.45, 2.75) is 37.9 Å². The molecule has 40 heavy (non-hydrogen) atoms. The van der Waals surface area contributed by atoms with Gasteiger partial charge in [-0.25, -0.2) is 19.7 Å². The SMILES string of the molecule is CCNC(=O)Nc1ncnc2c1ncn2C1CC(CNC(=S)NCC(=O)O)C2O[C@H](C=Cc3ccccc3)OC21. The van der Waals surface area contributed by atoms with Crippen LogP contribution in [0, 0.1) is 5.92 Å². The Morgan fingerprint density at radius 2 is 1.93 bits per heavy atom. The first-order valence-corrected chi connectivity index (χ1v) is 13.3. The highest BCUT2D eigenvalue weighted by Crippen LogP contribution is 2.45. The molecule has 0 bridgehead atoms. The van der Waals surface area contributed by atoms with E-state index in [1.165, 1.54) is 6.33 Å². The Morgan fingerprint density at radius 1 is 1.12 bits per heavy atom. The van der Waals surface area contributed by atoms with E-state index < -0.39 is 12.3 Å². The van der Waals surface area contributed by atoms with Gasteiger partial charge in [0, 0.05) is 19.0 Å². The Kier molecular flexibility index (Phi) is 8.48. The molecule has 14 heteroatoms. The maximum atomic E-state index is 12.1. The van der Waals surface area contributed by atoms with Crippen molar-refractivity contribution in [2.75, 3.05) is 25.0 Å². The maximum absolute atomic E-state index is 12.1. The molecule has 1 aromatic carbocycles. The van der Waals surface area contributed by atoms with E-state index in [1.54, 1.807) is 6.33 Å². The number of fused-ring (bicyclic) bond motifs is 2. The third-order valence-corrected chi connectivity index (χ3v) is 7.04. The zero-order valence-electron chi connectivity index (χ0n) is 21.7. The number of aliphatic carboxylic acids is 1. The summed E-state index contributed by atoms with van der Waals surface area (Å²) in [6.07, 6.45) is 6.43. The summed E-state index contributed by atoms with van der Waals surface area (Å²) < 4.78 is 14.7. The van der Waals surface area contributed by atoms with Crippen LogP contribution in [0.15, 0.2) is 49.1 Å². The molecule has 1 saturated heterocycles. The van der Waals surface area contributed by atoms with Crippen LogP contribution in [0.25, 0.3) is 17.2 Å². The maximum Gasteiger partial charge on any atom is 0.322 e. The summed E-state index contributed by atoms with van der Waals surface area (Å²) in [5, 5.41) is 20.3. The summed E-state index contributed by atoms with van der Waals surface area (Å²) in [6, 6.07) is 9.32. The van der Waals surface area contributed by atoms with Crippen molar-refractivity contribution in [1.29, 1.82) is 0 Å². The molecule has 1 aliphatic heterocycles. The smallest absolute Gasteiger partial charge is 0.322 e. The van der Waals surface area contributed by atoms with Crippen LogP contribution in [0.3, 0.4) is 0 Å². The summed E-state index contributed by atoms with van der Waals surface area (Å²) in [7, 11) is 0. The molecule has 210 valence electrons. The van der Waals surface area contributed by atoms with Gasteiger partial charge in [-0.05, 0) is 37.2 Å². The quantitative estimate of drug-likeness (QED) is 0.240. The molecule has 2 amide bonds. The van der Waals surface area contributed by atoms with Crippen LogP contribution in [0.4, 0.5) is 10.6 Å². The Hall–Kier alpha value is -4.14. The van der Waals surface area contributed by atoms with E-state index in [0.717, 1.165) is 5.56 Å². The molecule has 0 radical (unpaired) electrons. The van der Waals surface area contributed by atoms with Crippen LogP contribution < -0.4 is 21.3 Å². The lowest BCUT2D eigenvalue weighted by atomic mass is 10.1. The normalized spacial score (nSPS) is 23.7. The summed E-state index contributed by atoms with van der Waals surface area (Å²) in [4.78, 5) is 36.1. The van der Waals surface area contributed by atoms with Gasteiger partial charge >= 0.3 is 12.0 Å². The fourth-order valence-corrected chi connectivity index (χ4v) is 5.18. The standard InChI is InChI=1S/C26H30N8O5S/c1-2-27-25(37)33-23-20-24(31-13-30-23)34(14-32-20)17-10-16(11-28-26(40)29-12-18(35)36)21-22(17)39-19(38-21)9-8-15-6-4-3-5-7-15/h3-9,13-14,16-17,19,21-22H,2,10-12H2,1H3,(H,35,36)(H2,28,29,40)(H2,27,30,31,33,37)/t16?,17?,19-,21?,22?/m0/s1. The van der Waals surface area contributed by atoms with E-state index in [4.69, 9.17) is 26.8 Å². The predicted octanol–water partition coefficient (Wildman–Crippen LogP) is 1.90. The van der Waals surface area contributed by atoms with E-state index in [9.17, 15) is 9.59 Å². The molecule has 5 rings (SSSR count). The lowest BCUT2D eigenvalue weighted by Gasteiger charge is -2.20. The number of hydrogen-bond donors (Lipinski definition) is 5. The van der Waals surface area contributed by atoms with Crippen LogP contribution >= 0.6 is 12.2 Å². The fraction of sp³-hybridized carbons (Fsp3) is 0.385. The largest absolute Gasteiger partial charge is 0.480 e. The van der Waals surface area contributed by atoms with Crippen molar-refractivity contribution < 1.29 is 24.2 Å². The number of rotatable bonds is 9. The van der Waals surface area contributed by atoms with Gasteiger partial charge < -0.3 is 35.1 Å². The van der Waals surface area contributed by atoms with E-state index >= 15 is 0 Å². The molecule has 1 saturated carbocycles. The van der Waals surface area contributed by atoms with Crippen LogP contribution in [-0.4, -0.2) is 79.9 Å². The average Bonchev–Trinajstić information content (AvgIpc) is 3.64. The van der Waals surface area contributed by atoms with Gasteiger partial charge in [0.2, 0.25) is 0 Å². The zero-order valence-corrected chi connectivity index (χ0v) is 22.5. The molecule has 2 fully saturated rings. The number of benzene rings is 1. The molecular formula is C26H30N8O5S. The molecule has 2 aromatic heterocycles. The fourth-order valence-electron chi connectivity index (χ4n) is 5.02. The number of amides is 2. The molecule has 13 nitrogen and oxygen atoms in total. The Morgan fingerprint density at radius 3 is 2.70 bits per heavy atom. The molecule has 4 unspecified atom stereocenters. The summed E-state index contributed by atoms with van der Waals surface area (Å²) >= 11 is 5.25. The second-order valence-corrected chi connectivity index (χ2v) is 9.80. The summed E-state index contributed by atoms with van der Waals surface area (Å²) in [6.45, 7) is 2.48. The lowest BCUT2D eigenvalue weighted by molar-refractivity contribution is -0.135. The third kappa shape index (κ3) is 6.19. The number of nitrogens with one attached hydrogen (secondary N) is 4. The molecule has 1 aliphatic carbocycles. The molecule has 2 aliphatic rings. The number of carboxylic acid groups (broad SMARTS) is 1. The topological polar surface area (TPSA) is 165 Å². The van der Waals surface area contributed by atoms with Gasteiger partial charge in [0.15, 0.2) is 28.4 Å². The summed E-state index contributed by atoms with van der Waals surface area (Å²) in [5.41, 5.74) is 2.05. The Bertz CT molecular complexity index is 1400. The Labute approximate surface area is 235 Å². The van der Waals surface area contributed by atoms with Gasteiger partial charge in [-0.3, -0.25) is 10.1 Å². The highest BCUT2D eigenvalue weighted by molar-refractivity contribution is 7.80. The number of thiocarbonyl (C=S) groups is 1. The number of anilines is 1. The van der Waals surface area contributed by atoms with Crippen molar-refractivity contribution in [3.8, 4) is 0 Å². The third-order valence-electron chi connectivity index (χ3n) is 6.75. The number of imidazole rings is 1. The number of carbonyl (C=O) groups excluding carboxylic acids is 1. The van der Waals surface area contributed by atoms with E-state index in [0.29, 0.717) is 36.5 Å². The molecule has 3 aromatic rings. The first-order chi connectivity index (χ1) is 19.4. The minimum Gasteiger partial charge on any atom is -0.480 e. The minimum atomic E-state index is -0.999. The average molecular weight is 567 g/mol. The highest BCUT2D eigenvalue weighted by Gasteiger charge is 2.51. The van der Waals surface area contributed by atoms with E-state index in [-0.39, 0.29) is 41.9 Å². The van der Waals surface area contributed by atoms with Gasteiger partial charge in [-0.1, -0.05) is 36.4 Å². The van der Waals surface area contributed by atoms with Crippen LogP contribution in [0.5, 0.6) is 0 Å². The lowest BCUT2D eigenvalue weighted by Crippen LogP contribution is -2.42. The number of carboxylic acids is 1.